The molecule has 1 amide bonds. The molecule has 0 aliphatic rings. The van der Waals surface area contributed by atoms with Crippen LogP contribution in [0.3, 0.4) is 0 Å². The van der Waals surface area contributed by atoms with Crippen LogP contribution in [0.4, 0.5) is 5.69 Å². The minimum atomic E-state index is -1.13. The monoisotopic (exact) mass is 452 g/mol. The fourth-order valence-electron chi connectivity index (χ4n) is 2.94. The summed E-state index contributed by atoms with van der Waals surface area (Å²) in [6.07, 6.45) is 8.93. The van der Waals surface area contributed by atoms with Crippen LogP contribution in [0.25, 0.3) is 6.08 Å². The van der Waals surface area contributed by atoms with E-state index in [9.17, 15) is 14.7 Å². The van der Waals surface area contributed by atoms with Gasteiger partial charge >= 0.3 is 5.97 Å². The number of methoxy groups -OCH3 is 1. The number of nitrogens with one attached hydrogen (secondary N) is 1. The van der Waals surface area contributed by atoms with Crippen LogP contribution in [0.1, 0.15) is 22.3 Å². The number of carbonyl (C=O) groups is 2. The summed E-state index contributed by atoms with van der Waals surface area (Å²) >= 11 is 0. The molecule has 0 aliphatic carbocycles. The zero-order valence-electron chi connectivity index (χ0n) is 19.0. The zero-order chi connectivity index (χ0) is 24.2. The molecule has 0 unspecified atom stereocenters. The highest BCUT2D eigenvalue weighted by atomic mass is 16.5. The Morgan fingerprint density at radius 1 is 1.15 bits per heavy atom. The highest BCUT2D eigenvalue weighted by molar-refractivity contribution is 6.06. The van der Waals surface area contributed by atoms with Crippen molar-refractivity contribution < 1.29 is 28.9 Å². The third-order valence-electron chi connectivity index (χ3n) is 4.45. The van der Waals surface area contributed by atoms with Crippen molar-refractivity contribution in [2.24, 2.45) is 0 Å². The number of ether oxygens (including phenoxy) is 3. The highest BCUT2D eigenvalue weighted by Gasteiger charge is 2.17. The van der Waals surface area contributed by atoms with E-state index in [1.165, 1.54) is 25.3 Å². The van der Waals surface area contributed by atoms with Gasteiger partial charge in [0.25, 0.3) is 0 Å². The van der Waals surface area contributed by atoms with E-state index in [4.69, 9.17) is 20.6 Å². The number of carboxylic acids is 1. The van der Waals surface area contributed by atoms with E-state index in [2.05, 4.69) is 11.2 Å². The summed E-state index contributed by atoms with van der Waals surface area (Å²) in [5.74, 6) is 2.00. The van der Waals surface area contributed by atoms with Gasteiger partial charge in [0.05, 0.1) is 25.0 Å². The van der Waals surface area contributed by atoms with Crippen LogP contribution >= 0.6 is 0 Å². The molecule has 0 saturated carbocycles. The molecule has 0 bridgehead atoms. The SMILES string of the molecule is C#CCOc1ccc(/C=C/C(=O)Nc2ccccc2C(=O)O)c(OCCCN(C)C)c1OC. The lowest BCUT2D eigenvalue weighted by Gasteiger charge is -2.17. The van der Waals surface area contributed by atoms with Gasteiger partial charge < -0.3 is 29.5 Å². The number of anilines is 1. The summed E-state index contributed by atoms with van der Waals surface area (Å²) in [5.41, 5.74) is 0.794. The Balaban J connectivity index is 2.27. The number of rotatable bonds is 12. The van der Waals surface area contributed by atoms with Crippen LogP contribution in [0.5, 0.6) is 17.2 Å². The molecule has 2 rings (SSSR count). The molecule has 0 spiro atoms. The van der Waals surface area contributed by atoms with Crippen molar-refractivity contribution in [2.75, 3.05) is 46.3 Å². The van der Waals surface area contributed by atoms with Crippen molar-refractivity contribution in [2.45, 2.75) is 6.42 Å². The van der Waals surface area contributed by atoms with Gasteiger partial charge in [-0.3, -0.25) is 4.79 Å². The molecular weight excluding hydrogens is 424 g/mol. The molecule has 0 aromatic heterocycles. The Morgan fingerprint density at radius 2 is 1.91 bits per heavy atom. The van der Waals surface area contributed by atoms with Gasteiger partial charge in [-0.1, -0.05) is 18.1 Å². The molecule has 174 valence electrons. The summed E-state index contributed by atoms with van der Waals surface area (Å²) in [6.45, 7) is 1.33. The van der Waals surface area contributed by atoms with Gasteiger partial charge in [0, 0.05) is 18.2 Å². The van der Waals surface area contributed by atoms with Gasteiger partial charge in [-0.05, 0) is 50.9 Å². The lowest BCUT2D eigenvalue weighted by atomic mass is 10.1. The maximum absolute atomic E-state index is 12.5. The van der Waals surface area contributed by atoms with Gasteiger partial charge in [0.2, 0.25) is 11.7 Å². The molecule has 0 saturated heterocycles. The second kappa shape index (κ2) is 12.8. The maximum Gasteiger partial charge on any atom is 0.337 e. The molecule has 0 radical (unpaired) electrons. The number of carboxylic acid groups (broad SMARTS) is 1. The molecule has 0 fully saturated rings. The Morgan fingerprint density at radius 3 is 2.58 bits per heavy atom. The number of terminal acetylenes is 1. The van der Waals surface area contributed by atoms with E-state index >= 15 is 0 Å². The summed E-state index contributed by atoms with van der Waals surface area (Å²) in [6, 6.07) is 9.58. The number of hydrogen-bond donors (Lipinski definition) is 2. The van der Waals surface area contributed by atoms with Crippen molar-refractivity contribution in [3.8, 4) is 29.6 Å². The first-order valence-corrected chi connectivity index (χ1v) is 10.2. The quantitative estimate of drug-likeness (QED) is 0.289. The standard InChI is InChI=1S/C25H28N2O6/c1-5-16-32-21-13-11-18(23(24(21)31-4)33-17-8-15-27(2)3)12-14-22(28)26-20-10-7-6-9-19(20)25(29)30/h1,6-7,9-14H,8,15-17H2,2-4H3,(H,26,28)(H,29,30)/b14-12+. The van der Waals surface area contributed by atoms with Gasteiger partial charge in [-0.2, -0.15) is 0 Å². The number of carbonyl (C=O) groups excluding carboxylic acids is 1. The maximum atomic E-state index is 12.5. The Labute approximate surface area is 193 Å². The van der Waals surface area contributed by atoms with E-state index in [0.29, 0.717) is 29.4 Å². The van der Waals surface area contributed by atoms with Crippen LogP contribution in [-0.4, -0.2) is 62.8 Å². The van der Waals surface area contributed by atoms with Crippen LogP contribution in [-0.2, 0) is 4.79 Å². The fraction of sp³-hybridized carbons (Fsp3) is 0.280. The lowest BCUT2D eigenvalue weighted by molar-refractivity contribution is -0.111. The van der Waals surface area contributed by atoms with Crippen LogP contribution in [0.2, 0.25) is 0 Å². The lowest BCUT2D eigenvalue weighted by Crippen LogP contribution is -2.16. The summed E-state index contributed by atoms with van der Waals surface area (Å²) in [5, 5.41) is 11.9. The molecule has 0 heterocycles. The number of para-hydroxylation sites is 1. The van der Waals surface area contributed by atoms with E-state index in [1.807, 2.05) is 19.0 Å². The molecule has 8 heteroatoms. The number of benzene rings is 2. The molecule has 0 atom stereocenters. The number of amides is 1. The summed E-state index contributed by atoms with van der Waals surface area (Å²) < 4.78 is 17.0. The molecular formula is C25H28N2O6. The largest absolute Gasteiger partial charge is 0.490 e. The van der Waals surface area contributed by atoms with Gasteiger partial charge in [0.1, 0.15) is 6.61 Å². The fourth-order valence-corrected chi connectivity index (χ4v) is 2.94. The van der Waals surface area contributed by atoms with E-state index in [-0.39, 0.29) is 17.9 Å². The second-order valence-electron chi connectivity index (χ2n) is 7.19. The van der Waals surface area contributed by atoms with Crippen LogP contribution in [0, 0.1) is 12.3 Å². The number of nitrogens with zero attached hydrogens (tertiary/aromatic N) is 1. The normalized spacial score (nSPS) is 10.6. The third kappa shape index (κ3) is 7.59. The summed E-state index contributed by atoms with van der Waals surface area (Å²) in [4.78, 5) is 25.8. The third-order valence-corrected chi connectivity index (χ3v) is 4.45. The first-order valence-electron chi connectivity index (χ1n) is 10.2. The van der Waals surface area contributed by atoms with E-state index in [0.717, 1.165) is 13.0 Å². The predicted octanol–water partition coefficient (Wildman–Crippen LogP) is 3.39. The average molecular weight is 453 g/mol. The van der Waals surface area contributed by atoms with Crippen molar-refractivity contribution in [3.05, 3.63) is 53.6 Å². The highest BCUT2D eigenvalue weighted by Crippen LogP contribution is 2.41. The van der Waals surface area contributed by atoms with Gasteiger partial charge in [0.15, 0.2) is 11.5 Å². The number of hydrogen-bond acceptors (Lipinski definition) is 6. The van der Waals surface area contributed by atoms with Crippen LogP contribution < -0.4 is 19.5 Å². The zero-order valence-corrected chi connectivity index (χ0v) is 19.0. The van der Waals surface area contributed by atoms with Gasteiger partial charge in [-0.15, -0.1) is 6.42 Å². The Kier molecular flexibility index (Phi) is 9.80. The minimum absolute atomic E-state index is 0.000786. The van der Waals surface area contributed by atoms with E-state index < -0.39 is 11.9 Å². The molecule has 8 nitrogen and oxygen atoms in total. The van der Waals surface area contributed by atoms with Crippen molar-refractivity contribution in [1.29, 1.82) is 0 Å². The van der Waals surface area contributed by atoms with E-state index in [1.54, 1.807) is 30.3 Å². The van der Waals surface area contributed by atoms with Gasteiger partial charge in [-0.25, -0.2) is 4.79 Å². The molecule has 2 N–H and O–H groups in total. The number of aromatic carboxylic acids is 1. The van der Waals surface area contributed by atoms with Crippen LogP contribution in [0.15, 0.2) is 42.5 Å². The first-order chi connectivity index (χ1) is 15.9. The molecule has 2 aromatic rings. The smallest absolute Gasteiger partial charge is 0.337 e. The molecule has 2 aromatic carbocycles. The topological polar surface area (TPSA) is 97.3 Å². The summed E-state index contributed by atoms with van der Waals surface area (Å²) in [7, 11) is 5.45. The predicted molar refractivity (Wildman–Crippen MR) is 127 cm³/mol. The van der Waals surface area contributed by atoms with Crippen molar-refractivity contribution in [3.63, 3.8) is 0 Å². The average Bonchev–Trinajstić information content (AvgIpc) is 2.79. The second-order valence-corrected chi connectivity index (χ2v) is 7.19. The molecule has 33 heavy (non-hydrogen) atoms. The molecule has 0 aliphatic heterocycles. The minimum Gasteiger partial charge on any atom is -0.490 e. The first kappa shape index (κ1) is 25.3. The van der Waals surface area contributed by atoms with Crippen molar-refractivity contribution in [1.82, 2.24) is 4.90 Å². The Hall–Kier alpha value is -3.96. The van der Waals surface area contributed by atoms with Crippen molar-refractivity contribution >= 4 is 23.6 Å². The Bertz CT molecular complexity index is 1040.